The lowest BCUT2D eigenvalue weighted by Crippen LogP contribution is -2.16. The number of hydrogen-bond acceptors (Lipinski definition) is 4. The molecule has 3 aromatic rings. The van der Waals surface area contributed by atoms with Gasteiger partial charge in [-0.05, 0) is 58.8 Å². The molecule has 0 bridgehead atoms. The van der Waals surface area contributed by atoms with Crippen LogP contribution in [0.25, 0.3) is 0 Å². The van der Waals surface area contributed by atoms with E-state index in [-0.39, 0.29) is 17.2 Å². The topological polar surface area (TPSA) is 67.4 Å². The predicted octanol–water partition coefficient (Wildman–Crippen LogP) is 5.56. The first-order valence-electron chi connectivity index (χ1n) is 9.23. The summed E-state index contributed by atoms with van der Waals surface area (Å²) in [6.07, 6.45) is 0. The minimum Gasteiger partial charge on any atom is -0.495 e. The summed E-state index contributed by atoms with van der Waals surface area (Å²) in [5, 5.41) is 7.60. The van der Waals surface area contributed by atoms with E-state index >= 15 is 0 Å². The Morgan fingerprint density at radius 1 is 0.931 bits per heavy atom. The molecule has 2 N–H and O–H groups in total. The van der Waals surface area contributed by atoms with Gasteiger partial charge >= 0.3 is 0 Å². The Kier molecular flexibility index (Phi) is 6.03. The third kappa shape index (κ3) is 5.03. The number of ether oxygens (including phenoxy) is 1. The molecule has 0 fully saturated rings. The van der Waals surface area contributed by atoms with Gasteiger partial charge in [-0.2, -0.15) is 0 Å². The Labute approximate surface area is 174 Å². The molecule has 2 aromatic carbocycles. The molecular weight excluding hydrogens is 384 g/mol. The quantitative estimate of drug-likeness (QED) is 0.581. The van der Waals surface area contributed by atoms with Gasteiger partial charge in [0.25, 0.3) is 11.8 Å². The van der Waals surface area contributed by atoms with Crippen LogP contribution in [0.15, 0.2) is 60.0 Å². The number of benzene rings is 2. The van der Waals surface area contributed by atoms with Crippen molar-refractivity contribution in [2.75, 3.05) is 17.7 Å². The van der Waals surface area contributed by atoms with Crippen LogP contribution < -0.4 is 15.4 Å². The van der Waals surface area contributed by atoms with Crippen LogP contribution in [0.2, 0.25) is 0 Å². The fourth-order valence-corrected chi connectivity index (χ4v) is 3.39. The smallest absolute Gasteiger partial charge is 0.265 e. The van der Waals surface area contributed by atoms with Crippen molar-refractivity contribution in [3.05, 3.63) is 76.0 Å². The molecule has 1 heterocycles. The molecule has 150 valence electrons. The Hall–Kier alpha value is -3.12. The van der Waals surface area contributed by atoms with Crippen molar-refractivity contribution in [2.45, 2.75) is 26.2 Å². The van der Waals surface area contributed by atoms with Gasteiger partial charge in [-0.1, -0.05) is 32.9 Å². The summed E-state index contributed by atoms with van der Waals surface area (Å²) >= 11 is 1.38. The average Bonchev–Trinajstić information content (AvgIpc) is 3.23. The van der Waals surface area contributed by atoms with Crippen LogP contribution in [0.5, 0.6) is 5.75 Å². The number of hydrogen-bond donors (Lipinski definition) is 2. The van der Waals surface area contributed by atoms with E-state index in [0.29, 0.717) is 27.6 Å². The Balaban J connectivity index is 1.73. The van der Waals surface area contributed by atoms with Gasteiger partial charge in [0, 0.05) is 11.3 Å². The van der Waals surface area contributed by atoms with E-state index < -0.39 is 0 Å². The molecule has 0 saturated carbocycles. The second-order valence-electron chi connectivity index (χ2n) is 7.63. The summed E-state index contributed by atoms with van der Waals surface area (Å²) in [6, 6.07) is 16.2. The lowest BCUT2D eigenvalue weighted by atomic mass is 9.87. The van der Waals surface area contributed by atoms with E-state index in [1.165, 1.54) is 11.3 Å². The number of carbonyl (C=O) groups excluding carboxylic acids is 2. The minimum absolute atomic E-state index is 0.0475. The molecule has 0 spiro atoms. The van der Waals surface area contributed by atoms with Gasteiger partial charge in [0.1, 0.15) is 5.75 Å². The van der Waals surface area contributed by atoms with Crippen LogP contribution in [-0.2, 0) is 5.41 Å². The maximum atomic E-state index is 12.7. The number of nitrogens with one attached hydrogen (secondary N) is 2. The average molecular weight is 409 g/mol. The van der Waals surface area contributed by atoms with Crippen molar-refractivity contribution in [1.82, 2.24) is 0 Å². The normalized spacial score (nSPS) is 11.0. The van der Waals surface area contributed by atoms with Crippen molar-refractivity contribution < 1.29 is 14.3 Å². The summed E-state index contributed by atoms with van der Waals surface area (Å²) < 4.78 is 5.39. The van der Waals surface area contributed by atoms with Crippen molar-refractivity contribution in [2.24, 2.45) is 0 Å². The molecule has 3 rings (SSSR count). The summed E-state index contributed by atoms with van der Waals surface area (Å²) in [4.78, 5) is 25.5. The maximum Gasteiger partial charge on any atom is 0.265 e. The van der Waals surface area contributed by atoms with Crippen LogP contribution >= 0.6 is 11.3 Å². The Morgan fingerprint density at radius 2 is 1.66 bits per heavy atom. The fourth-order valence-electron chi connectivity index (χ4n) is 2.77. The standard InChI is InChI=1S/C23H24N2O3S/c1-23(2,3)16-9-12-19(28-4)18(14-16)25-21(26)15-7-10-17(11-8-15)24-22(27)20-6-5-13-29-20/h5-14H,1-4H3,(H,24,27)(H,25,26). The number of anilines is 2. The number of amides is 2. The highest BCUT2D eigenvalue weighted by atomic mass is 32.1. The second-order valence-corrected chi connectivity index (χ2v) is 8.58. The third-order valence-corrected chi connectivity index (χ3v) is 5.33. The SMILES string of the molecule is COc1ccc(C(C)(C)C)cc1NC(=O)c1ccc(NC(=O)c2cccs2)cc1. The molecule has 0 aliphatic carbocycles. The Morgan fingerprint density at radius 3 is 2.24 bits per heavy atom. The lowest BCUT2D eigenvalue weighted by molar-refractivity contribution is 0.102. The first kappa shape index (κ1) is 20.6. The number of thiophene rings is 1. The second kappa shape index (κ2) is 8.49. The zero-order valence-corrected chi connectivity index (χ0v) is 17.7. The molecule has 0 aliphatic rings. The molecule has 1 aromatic heterocycles. The summed E-state index contributed by atoms with van der Waals surface area (Å²) in [7, 11) is 1.58. The molecule has 29 heavy (non-hydrogen) atoms. The van der Waals surface area contributed by atoms with E-state index in [1.807, 2.05) is 29.6 Å². The van der Waals surface area contributed by atoms with Gasteiger partial charge in [-0.25, -0.2) is 0 Å². The molecule has 0 unspecified atom stereocenters. The molecule has 0 radical (unpaired) electrons. The van der Waals surface area contributed by atoms with E-state index in [1.54, 1.807) is 37.4 Å². The lowest BCUT2D eigenvalue weighted by Gasteiger charge is -2.21. The summed E-state index contributed by atoms with van der Waals surface area (Å²) in [6.45, 7) is 6.34. The fraction of sp³-hybridized carbons (Fsp3) is 0.217. The molecule has 6 heteroatoms. The third-order valence-electron chi connectivity index (χ3n) is 4.46. The highest BCUT2D eigenvalue weighted by molar-refractivity contribution is 7.12. The van der Waals surface area contributed by atoms with Crippen molar-refractivity contribution in [1.29, 1.82) is 0 Å². The molecule has 0 atom stereocenters. The van der Waals surface area contributed by atoms with Gasteiger partial charge in [0.2, 0.25) is 0 Å². The van der Waals surface area contributed by atoms with Crippen molar-refractivity contribution >= 4 is 34.5 Å². The van der Waals surface area contributed by atoms with E-state index in [0.717, 1.165) is 5.56 Å². The molecule has 2 amide bonds. The molecule has 0 aliphatic heterocycles. The summed E-state index contributed by atoms with van der Waals surface area (Å²) in [5.74, 6) is 0.192. The van der Waals surface area contributed by atoms with Crippen LogP contribution in [0, 0.1) is 0 Å². The first-order valence-corrected chi connectivity index (χ1v) is 10.1. The number of rotatable bonds is 5. The van der Waals surface area contributed by atoms with Crippen molar-refractivity contribution in [3.63, 3.8) is 0 Å². The monoisotopic (exact) mass is 408 g/mol. The van der Waals surface area contributed by atoms with Gasteiger partial charge in [0.15, 0.2) is 0 Å². The zero-order chi connectivity index (χ0) is 21.0. The van der Waals surface area contributed by atoms with E-state index in [9.17, 15) is 9.59 Å². The first-order chi connectivity index (χ1) is 13.8. The highest BCUT2D eigenvalue weighted by Gasteiger charge is 2.17. The summed E-state index contributed by atoms with van der Waals surface area (Å²) in [5.41, 5.74) is 2.79. The van der Waals surface area contributed by atoms with E-state index in [2.05, 4.69) is 31.4 Å². The molecule has 5 nitrogen and oxygen atoms in total. The van der Waals surface area contributed by atoms with Gasteiger partial charge < -0.3 is 15.4 Å². The largest absolute Gasteiger partial charge is 0.495 e. The van der Waals surface area contributed by atoms with Crippen LogP contribution in [0.3, 0.4) is 0 Å². The number of carbonyl (C=O) groups is 2. The van der Waals surface area contributed by atoms with Gasteiger partial charge in [0.05, 0.1) is 17.7 Å². The van der Waals surface area contributed by atoms with Gasteiger partial charge in [-0.3, -0.25) is 9.59 Å². The van der Waals surface area contributed by atoms with Crippen LogP contribution in [-0.4, -0.2) is 18.9 Å². The van der Waals surface area contributed by atoms with Crippen LogP contribution in [0.1, 0.15) is 46.4 Å². The molecular formula is C23H24N2O3S. The Bertz CT molecular complexity index is 1000. The van der Waals surface area contributed by atoms with Crippen molar-refractivity contribution in [3.8, 4) is 5.75 Å². The highest BCUT2D eigenvalue weighted by Crippen LogP contribution is 2.31. The zero-order valence-electron chi connectivity index (χ0n) is 16.9. The maximum absolute atomic E-state index is 12.7. The van der Waals surface area contributed by atoms with Crippen LogP contribution in [0.4, 0.5) is 11.4 Å². The predicted molar refractivity (Wildman–Crippen MR) is 118 cm³/mol. The minimum atomic E-state index is -0.245. The van der Waals surface area contributed by atoms with Gasteiger partial charge in [-0.15, -0.1) is 11.3 Å². The molecule has 0 saturated heterocycles. The van der Waals surface area contributed by atoms with E-state index in [4.69, 9.17) is 4.74 Å². The number of methoxy groups -OCH3 is 1.